The number of aromatic nitrogens is 1. The number of benzene rings is 1. The molecule has 0 saturated carbocycles. The molecule has 2 aromatic rings. The summed E-state index contributed by atoms with van der Waals surface area (Å²) in [6.45, 7) is 1.71. The number of carbonyl (C=O) groups excluding carboxylic acids is 1. The summed E-state index contributed by atoms with van der Waals surface area (Å²) in [4.78, 5) is 16.7. The summed E-state index contributed by atoms with van der Waals surface area (Å²) in [5.41, 5.74) is 4.20. The Morgan fingerprint density at radius 2 is 1.88 bits per heavy atom. The first-order valence-electron chi connectivity index (χ1n) is 8.35. The molecule has 1 fully saturated rings. The molecule has 0 radical (unpaired) electrons. The molecule has 0 aliphatic carbocycles. The second kappa shape index (κ2) is 8.57. The van der Waals surface area contributed by atoms with Gasteiger partial charge in [-0.2, -0.15) is 0 Å². The molecule has 3 rings (SSSR count). The van der Waals surface area contributed by atoms with Crippen molar-refractivity contribution in [1.29, 1.82) is 0 Å². The maximum Gasteiger partial charge on any atom is 0.267 e. The van der Waals surface area contributed by atoms with Crippen molar-refractivity contribution in [2.24, 2.45) is 0 Å². The summed E-state index contributed by atoms with van der Waals surface area (Å²) in [5, 5.41) is 4.94. The van der Waals surface area contributed by atoms with Gasteiger partial charge in [0.15, 0.2) is 0 Å². The highest BCUT2D eigenvalue weighted by molar-refractivity contribution is 14.1. The molecule has 1 saturated heterocycles. The average Bonchev–Trinajstić information content (AvgIpc) is 2.86. The molecular weight excluding hydrogens is 434 g/mol. The van der Waals surface area contributed by atoms with Gasteiger partial charge in [0.2, 0.25) is 0 Å². The van der Waals surface area contributed by atoms with Crippen LogP contribution in [-0.4, -0.2) is 29.0 Å². The number of hydrogen-bond acceptors (Lipinski definition) is 4. The first-order chi connectivity index (χ1) is 12.1. The number of amides is 1. The van der Waals surface area contributed by atoms with Crippen molar-refractivity contribution in [2.45, 2.75) is 25.7 Å². The van der Waals surface area contributed by atoms with E-state index in [9.17, 15) is 9.18 Å². The van der Waals surface area contributed by atoms with E-state index in [1.807, 2.05) is 5.01 Å². The second-order valence-electron chi connectivity index (χ2n) is 6.01. The van der Waals surface area contributed by atoms with Crippen LogP contribution in [0, 0.1) is 9.39 Å². The maximum absolute atomic E-state index is 14.1. The molecule has 1 aliphatic rings. The summed E-state index contributed by atoms with van der Waals surface area (Å²) < 4.78 is 14.9. The molecule has 2 N–H and O–H groups in total. The average molecular weight is 454 g/mol. The van der Waals surface area contributed by atoms with Crippen LogP contribution in [-0.2, 0) is 0 Å². The minimum atomic E-state index is -0.366. The molecule has 132 valence electrons. The summed E-state index contributed by atoms with van der Waals surface area (Å²) in [5.74, 6) is -0.577. The summed E-state index contributed by atoms with van der Waals surface area (Å²) >= 11 is 2.05. The molecule has 7 heteroatoms. The van der Waals surface area contributed by atoms with E-state index < -0.39 is 0 Å². The third-order valence-electron chi connectivity index (χ3n) is 4.13. The van der Waals surface area contributed by atoms with Crippen molar-refractivity contribution in [3.63, 3.8) is 0 Å². The van der Waals surface area contributed by atoms with E-state index in [-0.39, 0.29) is 11.7 Å². The van der Waals surface area contributed by atoms with Crippen LogP contribution < -0.4 is 10.7 Å². The van der Waals surface area contributed by atoms with Crippen molar-refractivity contribution in [1.82, 2.24) is 15.4 Å². The van der Waals surface area contributed by atoms with Gasteiger partial charge in [0.05, 0.1) is 23.1 Å². The lowest BCUT2D eigenvalue weighted by Gasteiger charge is -2.21. The van der Waals surface area contributed by atoms with Crippen molar-refractivity contribution in [3.8, 4) is 0 Å². The Hall–Kier alpha value is -1.74. The summed E-state index contributed by atoms with van der Waals surface area (Å²) in [6, 6.07) is 6.54. The van der Waals surface area contributed by atoms with Crippen molar-refractivity contribution in [2.75, 3.05) is 18.4 Å². The van der Waals surface area contributed by atoms with Gasteiger partial charge in [-0.15, -0.1) is 0 Å². The fourth-order valence-corrected chi connectivity index (χ4v) is 3.27. The number of anilines is 2. The lowest BCUT2D eigenvalue weighted by Crippen LogP contribution is -2.42. The van der Waals surface area contributed by atoms with Gasteiger partial charge < -0.3 is 5.32 Å². The van der Waals surface area contributed by atoms with E-state index in [4.69, 9.17) is 0 Å². The Labute approximate surface area is 160 Å². The van der Waals surface area contributed by atoms with Crippen LogP contribution in [0.3, 0.4) is 0 Å². The first-order valence-corrected chi connectivity index (χ1v) is 9.43. The third kappa shape index (κ3) is 4.88. The quantitative estimate of drug-likeness (QED) is 0.684. The highest BCUT2D eigenvalue weighted by Gasteiger charge is 2.17. The zero-order chi connectivity index (χ0) is 17.6. The Bertz CT molecular complexity index is 748. The highest BCUT2D eigenvalue weighted by atomic mass is 127. The number of rotatable bonds is 4. The zero-order valence-corrected chi connectivity index (χ0v) is 15.9. The molecular formula is C18H20FIN4O. The summed E-state index contributed by atoms with van der Waals surface area (Å²) in [6.07, 6.45) is 7.65. The lowest BCUT2D eigenvalue weighted by atomic mass is 10.2. The number of hydrazine groups is 1. The predicted molar refractivity (Wildman–Crippen MR) is 104 cm³/mol. The number of pyridine rings is 1. The molecule has 0 atom stereocenters. The number of carbonyl (C=O) groups is 1. The standard InChI is InChI=1S/C18H20FIN4O/c19-15-11-13(20)5-6-16(15)22-17-12-21-8-7-14(17)18(25)23-24-9-3-1-2-4-10-24/h5-8,11-12,22H,1-4,9-10H2,(H,23,25). The lowest BCUT2D eigenvalue weighted by molar-refractivity contribution is 0.0795. The molecule has 1 aromatic carbocycles. The molecule has 0 spiro atoms. The first kappa shape index (κ1) is 18.1. The Kier molecular flexibility index (Phi) is 6.19. The van der Waals surface area contributed by atoms with E-state index in [2.05, 4.69) is 38.3 Å². The molecule has 0 unspecified atom stereocenters. The van der Waals surface area contributed by atoms with Crippen LogP contribution in [0.25, 0.3) is 0 Å². The molecule has 5 nitrogen and oxygen atoms in total. The van der Waals surface area contributed by atoms with Gasteiger partial charge in [-0.05, 0) is 59.7 Å². The fourth-order valence-electron chi connectivity index (χ4n) is 2.81. The van der Waals surface area contributed by atoms with E-state index in [0.717, 1.165) is 29.5 Å². The highest BCUT2D eigenvalue weighted by Crippen LogP contribution is 2.24. The van der Waals surface area contributed by atoms with Crippen LogP contribution >= 0.6 is 22.6 Å². The molecule has 1 aromatic heterocycles. The Morgan fingerprint density at radius 1 is 1.12 bits per heavy atom. The normalized spacial score (nSPS) is 15.4. The monoisotopic (exact) mass is 454 g/mol. The molecule has 0 bridgehead atoms. The largest absolute Gasteiger partial charge is 0.351 e. The molecule has 1 amide bonds. The van der Waals surface area contributed by atoms with E-state index in [0.29, 0.717) is 16.9 Å². The van der Waals surface area contributed by atoms with Crippen LogP contribution in [0.1, 0.15) is 36.0 Å². The van der Waals surface area contributed by atoms with Gasteiger partial charge in [-0.25, -0.2) is 9.40 Å². The third-order valence-corrected chi connectivity index (χ3v) is 4.80. The van der Waals surface area contributed by atoms with Gasteiger partial charge in [0.1, 0.15) is 5.82 Å². The number of nitrogens with zero attached hydrogens (tertiary/aromatic N) is 2. The van der Waals surface area contributed by atoms with E-state index in [1.54, 1.807) is 24.4 Å². The zero-order valence-electron chi connectivity index (χ0n) is 13.8. The van der Waals surface area contributed by atoms with E-state index in [1.165, 1.54) is 25.1 Å². The Balaban J connectivity index is 1.76. The van der Waals surface area contributed by atoms with Crippen molar-refractivity contribution < 1.29 is 9.18 Å². The number of nitrogens with one attached hydrogen (secondary N) is 2. The predicted octanol–water partition coefficient (Wildman–Crippen LogP) is 4.09. The number of halogens is 2. The number of hydrogen-bond donors (Lipinski definition) is 2. The summed E-state index contributed by atoms with van der Waals surface area (Å²) in [7, 11) is 0. The van der Waals surface area contributed by atoms with Crippen molar-refractivity contribution >= 4 is 39.9 Å². The van der Waals surface area contributed by atoms with Crippen LogP contribution in [0.4, 0.5) is 15.8 Å². The van der Waals surface area contributed by atoms with Crippen LogP contribution in [0.15, 0.2) is 36.7 Å². The van der Waals surface area contributed by atoms with Crippen LogP contribution in [0.2, 0.25) is 0 Å². The topological polar surface area (TPSA) is 57.3 Å². The molecule has 1 aliphatic heterocycles. The molecule has 2 heterocycles. The fraction of sp³-hybridized carbons (Fsp3) is 0.333. The van der Waals surface area contributed by atoms with Gasteiger partial charge in [0.25, 0.3) is 5.91 Å². The molecule has 25 heavy (non-hydrogen) atoms. The minimum absolute atomic E-state index is 0.210. The van der Waals surface area contributed by atoms with Gasteiger partial charge in [-0.3, -0.25) is 15.2 Å². The van der Waals surface area contributed by atoms with Gasteiger partial charge in [-0.1, -0.05) is 12.8 Å². The minimum Gasteiger partial charge on any atom is -0.351 e. The smallest absolute Gasteiger partial charge is 0.267 e. The van der Waals surface area contributed by atoms with Crippen LogP contribution in [0.5, 0.6) is 0 Å². The van der Waals surface area contributed by atoms with Crippen molar-refractivity contribution in [3.05, 3.63) is 51.6 Å². The van der Waals surface area contributed by atoms with Gasteiger partial charge >= 0.3 is 0 Å². The van der Waals surface area contributed by atoms with E-state index >= 15 is 0 Å². The SMILES string of the molecule is O=C(NN1CCCCCC1)c1ccncc1Nc1ccc(I)cc1F. The second-order valence-corrected chi connectivity index (χ2v) is 7.26. The Morgan fingerprint density at radius 3 is 2.60 bits per heavy atom. The van der Waals surface area contributed by atoms with Gasteiger partial charge in [0, 0.05) is 22.9 Å². The maximum atomic E-state index is 14.1.